The Bertz CT molecular complexity index is 302. The fourth-order valence-electron chi connectivity index (χ4n) is 1.91. The predicted molar refractivity (Wildman–Crippen MR) is 52.3 cm³/mol. The molecule has 12 heavy (non-hydrogen) atoms. The Balaban J connectivity index is 2.51. The van der Waals surface area contributed by atoms with Gasteiger partial charge in [-0.05, 0) is 49.6 Å². The Labute approximate surface area is 73.1 Å². The second-order valence-corrected chi connectivity index (χ2v) is 3.28. The molecule has 0 spiro atoms. The average Bonchev–Trinajstić information content (AvgIpc) is 2.17. The van der Waals surface area contributed by atoms with Gasteiger partial charge in [0.15, 0.2) is 0 Å². The Morgan fingerprint density at radius 1 is 1.17 bits per heavy atom. The number of benzene rings is 1. The van der Waals surface area contributed by atoms with Gasteiger partial charge in [-0.2, -0.15) is 0 Å². The van der Waals surface area contributed by atoms with E-state index in [1.807, 2.05) is 0 Å². The van der Waals surface area contributed by atoms with E-state index in [9.17, 15) is 0 Å². The Kier molecular flexibility index (Phi) is 1.94. The fraction of sp³-hybridized carbons (Fsp3) is 0.364. The highest BCUT2D eigenvalue weighted by molar-refractivity contribution is 5.55. The van der Waals surface area contributed by atoms with Crippen LogP contribution in [-0.2, 0) is 12.8 Å². The lowest BCUT2D eigenvalue weighted by Crippen LogP contribution is -2.01. The Hall–Kier alpha value is -1.11. The van der Waals surface area contributed by atoms with Crippen molar-refractivity contribution in [3.63, 3.8) is 0 Å². The highest BCUT2D eigenvalue weighted by atomic mass is 14.7. The van der Waals surface area contributed by atoms with Gasteiger partial charge in [0.2, 0.25) is 0 Å². The minimum Gasteiger partial charge on any atom is -0.264 e. The summed E-state index contributed by atoms with van der Waals surface area (Å²) >= 11 is 0. The van der Waals surface area contributed by atoms with E-state index in [-0.39, 0.29) is 0 Å². The number of nitrogens with zero attached hydrogens (tertiary/aromatic N) is 1. The zero-order valence-corrected chi connectivity index (χ0v) is 7.21. The van der Waals surface area contributed by atoms with Crippen LogP contribution in [0.3, 0.4) is 0 Å². The van der Waals surface area contributed by atoms with E-state index >= 15 is 0 Å². The molecule has 0 saturated carbocycles. The summed E-state index contributed by atoms with van der Waals surface area (Å²) < 4.78 is 0. The summed E-state index contributed by atoms with van der Waals surface area (Å²) in [7, 11) is 0. The summed E-state index contributed by atoms with van der Waals surface area (Å²) in [6.45, 7) is 3.59. The van der Waals surface area contributed by atoms with Crippen molar-refractivity contribution in [1.29, 1.82) is 0 Å². The monoisotopic (exact) mass is 159 g/mol. The van der Waals surface area contributed by atoms with Crippen LogP contribution in [0.25, 0.3) is 0 Å². The number of fused-ring (bicyclic) bond motifs is 1. The van der Waals surface area contributed by atoms with Crippen molar-refractivity contribution in [2.45, 2.75) is 25.7 Å². The van der Waals surface area contributed by atoms with E-state index < -0.39 is 0 Å². The van der Waals surface area contributed by atoms with Gasteiger partial charge in [-0.3, -0.25) is 4.99 Å². The molecule has 0 aliphatic heterocycles. The van der Waals surface area contributed by atoms with Crippen molar-refractivity contribution in [2.75, 3.05) is 0 Å². The number of rotatable bonds is 1. The molecule has 0 N–H and O–H groups in total. The minimum atomic E-state index is 1.09. The summed E-state index contributed by atoms with van der Waals surface area (Å²) in [5, 5.41) is 0. The molecule has 2 rings (SSSR count). The van der Waals surface area contributed by atoms with Crippen molar-refractivity contribution in [1.82, 2.24) is 0 Å². The summed E-state index contributed by atoms with van der Waals surface area (Å²) in [5.74, 6) is 0. The van der Waals surface area contributed by atoms with Crippen LogP contribution in [0.5, 0.6) is 0 Å². The molecule has 0 unspecified atom stereocenters. The lowest BCUT2D eigenvalue weighted by atomic mass is 9.91. The first-order valence-electron chi connectivity index (χ1n) is 4.49. The van der Waals surface area contributed by atoms with Gasteiger partial charge in [-0.25, -0.2) is 0 Å². The van der Waals surface area contributed by atoms with E-state index in [4.69, 9.17) is 0 Å². The van der Waals surface area contributed by atoms with E-state index in [2.05, 4.69) is 29.9 Å². The van der Waals surface area contributed by atoms with E-state index in [1.54, 1.807) is 0 Å². The van der Waals surface area contributed by atoms with Gasteiger partial charge in [-0.1, -0.05) is 12.1 Å². The zero-order valence-electron chi connectivity index (χ0n) is 7.21. The standard InChI is InChI=1S/C11H13N/c1-12-11-8-4-6-9-5-2-3-7-10(9)11/h4,6,8H,1-3,5,7H2. The zero-order chi connectivity index (χ0) is 8.39. The summed E-state index contributed by atoms with van der Waals surface area (Å²) in [5.41, 5.74) is 4.00. The molecule has 1 aromatic carbocycles. The first-order chi connectivity index (χ1) is 5.92. The minimum absolute atomic E-state index is 1.09. The number of hydrogen-bond acceptors (Lipinski definition) is 1. The van der Waals surface area contributed by atoms with E-state index in [0.717, 1.165) is 5.69 Å². The van der Waals surface area contributed by atoms with Crippen LogP contribution in [-0.4, -0.2) is 6.72 Å². The molecular formula is C11H13N. The molecule has 1 heteroatoms. The number of hydrogen-bond donors (Lipinski definition) is 0. The maximum atomic E-state index is 4.03. The molecule has 0 saturated heterocycles. The Morgan fingerprint density at radius 3 is 2.83 bits per heavy atom. The maximum Gasteiger partial charge on any atom is 0.0657 e. The largest absolute Gasteiger partial charge is 0.264 e. The second-order valence-electron chi connectivity index (χ2n) is 3.28. The van der Waals surface area contributed by atoms with Crippen LogP contribution in [0.1, 0.15) is 24.0 Å². The lowest BCUT2D eigenvalue weighted by molar-refractivity contribution is 0.686. The molecule has 1 aromatic rings. The molecule has 0 heterocycles. The summed E-state index contributed by atoms with van der Waals surface area (Å²) in [4.78, 5) is 4.03. The van der Waals surface area contributed by atoms with E-state index in [1.165, 1.54) is 36.8 Å². The smallest absolute Gasteiger partial charge is 0.0657 e. The molecule has 1 nitrogen and oxygen atoms in total. The number of aliphatic imine (C=N–C) groups is 1. The van der Waals surface area contributed by atoms with Crippen LogP contribution >= 0.6 is 0 Å². The molecule has 0 amide bonds. The van der Waals surface area contributed by atoms with Gasteiger partial charge in [0, 0.05) is 0 Å². The molecule has 0 bridgehead atoms. The van der Waals surface area contributed by atoms with Gasteiger partial charge < -0.3 is 0 Å². The Morgan fingerprint density at radius 2 is 2.00 bits per heavy atom. The van der Waals surface area contributed by atoms with Crippen LogP contribution < -0.4 is 0 Å². The predicted octanol–water partition coefficient (Wildman–Crippen LogP) is 2.90. The molecule has 62 valence electrons. The molecule has 0 atom stereocenters. The van der Waals surface area contributed by atoms with Gasteiger partial charge in [-0.15, -0.1) is 0 Å². The van der Waals surface area contributed by atoms with Gasteiger partial charge in [0.25, 0.3) is 0 Å². The second kappa shape index (κ2) is 3.10. The fourth-order valence-corrected chi connectivity index (χ4v) is 1.91. The van der Waals surface area contributed by atoms with Gasteiger partial charge in [0.1, 0.15) is 0 Å². The maximum absolute atomic E-state index is 4.03. The molecule has 0 radical (unpaired) electrons. The van der Waals surface area contributed by atoms with Crippen LogP contribution in [0.2, 0.25) is 0 Å². The van der Waals surface area contributed by atoms with Crippen molar-refractivity contribution < 1.29 is 0 Å². The van der Waals surface area contributed by atoms with Crippen molar-refractivity contribution in [3.8, 4) is 0 Å². The first kappa shape index (κ1) is 7.53. The van der Waals surface area contributed by atoms with Crippen LogP contribution in [0.4, 0.5) is 5.69 Å². The normalized spacial score (nSPS) is 15.3. The SMILES string of the molecule is C=Nc1cccc2c1CCCC2. The summed E-state index contributed by atoms with van der Waals surface area (Å²) in [6, 6.07) is 6.34. The van der Waals surface area contributed by atoms with Gasteiger partial charge in [0.05, 0.1) is 5.69 Å². The summed E-state index contributed by atoms with van der Waals surface area (Å²) in [6.07, 6.45) is 5.04. The average molecular weight is 159 g/mol. The van der Waals surface area contributed by atoms with Gasteiger partial charge >= 0.3 is 0 Å². The highest BCUT2D eigenvalue weighted by Gasteiger charge is 2.11. The lowest BCUT2D eigenvalue weighted by Gasteiger charge is -2.16. The third-order valence-electron chi connectivity index (χ3n) is 2.54. The highest BCUT2D eigenvalue weighted by Crippen LogP contribution is 2.29. The quantitative estimate of drug-likeness (QED) is 0.559. The topological polar surface area (TPSA) is 12.4 Å². The molecule has 1 aliphatic rings. The van der Waals surface area contributed by atoms with Crippen LogP contribution in [0, 0.1) is 0 Å². The third kappa shape index (κ3) is 1.15. The van der Waals surface area contributed by atoms with Crippen molar-refractivity contribution >= 4 is 12.4 Å². The first-order valence-corrected chi connectivity index (χ1v) is 4.49. The van der Waals surface area contributed by atoms with E-state index in [0.29, 0.717) is 0 Å². The molecular weight excluding hydrogens is 146 g/mol. The number of aryl methyl sites for hydroxylation is 1. The van der Waals surface area contributed by atoms with Crippen molar-refractivity contribution in [2.24, 2.45) is 4.99 Å². The van der Waals surface area contributed by atoms with Crippen LogP contribution in [0.15, 0.2) is 23.2 Å². The third-order valence-corrected chi connectivity index (χ3v) is 2.54. The molecule has 0 aromatic heterocycles. The molecule has 1 aliphatic carbocycles. The molecule has 0 fully saturated rings. The van der Waals surface area contributed by atoms with Crippen molar-refractivity contribution in [3.05, 3.63) is 29.3 Å².